The van der Waals surface area contributed by atoms with E-state index < -0.39 is 5.60 Å². The Kier molecular flexibility index (Phi) is 4.28. The van der Waals surface area contributed by atoms with Crippen LogP contribution in [0.15, 0.2) is 4.79 Å². The summed E-state index contributed by atoms with van der Waals surface area (Å²) in [6.45, 7) is 8.90. The number of rotatable bonds is 0. The molecule has 0 unspecified atom stereocenters. The summed E-state index contributed by atoms with van der Waals surface area (Å²) in [5.74, 6) is 0.637. The molecule has 2 aromatic heterocycles. The zero-order chi connectivity index (χ0) is 19.6. The van der Waals surface area contributed by atoms with Crippen LogP contribution in [-0.4, -0.2) is 49.3 Å². The molecule has 1 amide bonds. The Morgan fingerprint density at radius 2 is 1.96 bits per heavy atom. The summed E-state index contributed by atoms with van der Waals surface area (Å²) in [4.78, 5) is 36.3. The normalized spacial score (nSPS) is 21.7. The van der Waals surface area contributed by atoms with Gasteiger partial charge >= 0.3 is 6.09 Å². The van der Waals surface area contributed by atoms with E-state index in [2.05, 4.69) is 44.6 Å². The summed E-state index contributed by atoms with van der Waals surface area (Å²) >= 11 is 2.05. The van der Waals surface area contributed by atoms with Gasteiger partial charge in [0.05, 0.1) is 5.69 Å². The number of aromatic nitrogens is 4. The van der Waals surface area contributed by atoms with Crippen molar-refractivity contribution >= 4 is 34.5 Å². The van der Waals surface area contributed by atoms with Crippen molar-refractivity contribution in [3.8, 4) is 0 Å². The molecule has 146 valence electrons. The number of fused-ring (bicyclic) bond motifs is 3. The number of halogens is 1. The van der Waals surface area contributed by atoms with Gasteiger partial charge in [0.25, 0.3) is 11.3 Å². The molecule has 0 bridgehead atoms. The molecular formula is C18H24IN5O3. The van der Waals surface area contributed by atoms with Crippen molar-refractivity contribution in [1.82, 2.24) is 24.5 Å². The summed E-state index contributed by atoms with van der Waals surface area (Å²) in [5.41, 5.74) is 0.882. The molecule has 8 nitrogen and oxygen atoms in total. The first-order chi connectivity index (χ1) is 12.6. The van der Waals surface area contributed by atoms with Crippen LogP contribution in [0.2, 0.25) is 0 Å². The Labute approximate surface area is 170 Å². The maximum atomic E-state index is 13.2. The van der Waals surface area contributed by atoms with Crippen LogP contribution in [-0.2, 0) is 10.2 Å². The van der Waals surface area contributed by atoms with Crippen molar-refractivity contribution in [2.45, 2.75) is 63.9 Å². The lowest BCUT2D eigenvalue weighted by atomic mass is 9.74. The number of piperidine rings is 1. The second-order valence-corrected chi connectivity index (χ2v) is 9.70. The summed E-state index contributed by atoms with van der Waals surface area (Å²) in [6, 6.07) is 0. The van der Waals surface area contributed by atoms with Gasteiger partial charge in [0.2, 0.25) is 0 Å². The predicted molar refractivity (Wildman–Crippen MR) is 108 cm³/mol. The maximum Gasteiger partial charge on any atom is 0.410 e. The van der Waals surface area contributed by atoms with Crippen molar-refractivity contribution in [2.24, 2.45) is 0 Å². The fourth-order valence-corrected chi connectivity index (χ4v) is 4.90. The molecule has 0 radical (unpaired) electrons. The van der Waals surface area contributed by atoms with Crippen LogP contribution in [0.1, 0.15) is 64.1 Å². The van der Waals surface area contributed by atoms with Gasteiger partial charge in [-0.25, -0.2) is 9.78 Å². The zero-order valence-corrected chi connectivity index (χ0v) is 18.2. The molecule has 1 fully saturated rings. The van der Waals surface area contributed by atoms with E-state index in [1.165, 1.54) is 4.52 Å². The highest BCUT2D eigenvalue weighted by molar-refractivity contribution is 14.1. The monoisotopic (exact) mass is 485 g/mol. The first-order valence-corrected chi connectivity index (χ1v) is 10.3. The fourth-order valence-electron chi connectivity index (χ4n) is 4.44. The fraction of sp³-hybridized carbons (Fsp3) is 0.667. The topological polar surface area (TPSA) is 92.6 Å². The van der Waals surface area contributed by atoms with Gasteiger partial charge in [-0.1, -0.05) is 6.92 Å². The Morgan fingerprint density at radius 3 is 2.59 bits per heavy atom. The molecule has 1 atom stereocenters. The van der Waals surface area contributed by atoms with Gasteiger partial charge in [-0.2, -0.15) is 9.50 Å². The number of nitrogens with zero attached hydrogens (tertiary/aromatic N) is 4. The third-order valence-corrected chi connectivity index (χ3v) is 6.04. The summed E-state index contributed by atoms with van der Waals surface area (Å²) in [7, 11) is 0. The molecule has 2 aliphatic rings. The third kappa shape index (κ3) is 3.13. The smallest absolute Gasteiger partial charge is 0.410 e. The number of carbonyl (C=O) groups is 1. The lowest BCUT2D eigenvalue weighted by Crippen LogP contribution is -2.47. The number of aromatic amines is 1. The Morgan fingerprint density at radius 1 is 1.30 bits per heavy atom. The Hall–Kier alpha value is -1.65. The van der Waals surface area contributed by atoms with Crippen molar-refractivity contribution in [3.05, 3.63) is 25.4 Å². The zero-order valence-electron chi connectivity index (χ0n) is 16.0. The number of H-pyrrole nitrogens is 1. The maximum absolute atomic E-state index is 13.2. The molecule has 9 heteroatoms. The van der Waals surface area contributed by atoms with Gasteiger partial charge in [0.15, 0.2) is 3.83 Å². The second kappa shape index (κ2) is 6.18. The summed E-state index contributed by atoms with van der Waals surface area (Å²) < 4.78 is 7.58. The number of hydrogen-bond donors (Lipinski definition) is 1. The van der Waals surface area contributed by atoms with Crippen LogP contribution in [0, 0.1) is 3.83 Å². The standard InChI is InChI=1S/C18H24IN5O3/c1-10-9-18(5-7-23(8-6-18)16(26)27-17(2,3)4)11-12(10)20-15-21-14(19)22-24(15)13(11)25/h10H,5-9H2,1-4H3,(H,20,21,22)/t10-/m0/s1. The van der Waals surface area contributed by atoms with Crippen LogP contribution in [0.3, 0.4) is 0 Å². The molecule has 1 N–H and O–H groups in total. The van der Waals surface area contributed by atoms with E-state index in [4.69, 9.17) is 4.74 Å². The highest BCUT2D eigenvalue weighted by atomic mass is 127. The minimum atomic E-state index is -0.507. The SMILES string of the molecule is C[C@H]1CC2(CCN(C(=O)OC(C)(C)C)CC2)c2c1nc1nc(I)[nH]n1c2=O. The van der Waals surface area contributed by atoms with Gasteiger partial charge in [-0.05, 0) is 46.0 Å². The molecule has 2 aromatic rings. The molecule has 1 saturated heterocycles. The molecule has 27 heavy (non-hydrogen) atoms. The van der Waals surface area contributed by atoms with Crippen LogP contribution >= 0.6 is 22.6 Å². The van der Waals surface area contributed by atoms with Crippen molar-refractivity contribution < 1.29 is 9.53 Å². The van der Waals surface area contributed by atoms with E-state index in [9.17, 15) is 9.59 Å². The average Bonchev–Trinajstić information content (AvgIpc) is 3.05. The van der Waals surface area contributed by atoms with Crippen LogP contribution in [0.5, 0.6) is 0 Å². The largest absolute Gasteiger partial charge is 0.444 e. The lowest BCUT2D eigenvalue weighted by molar-refractivity contribution is 0.0162. The Bertz CT molecular complexity index is 966. The van der Waals surface area contributed by atoms with Crippen molar-refractivity contribution in [1.29, 1.82) is 0 Å². The van der Waals surface area contributed by atoms with E-state index in [-0.39, 0.29) is 23.0 Å². The number of nitrogens with one attached hydrogen (secondary N) is 1. The molecule has 1 aliphatic heterocycles. The molecule has 3 heterocycles. The van der Waals surface area contributed by atoms with Gasteiger partial charge < -0.3 is 9.64 Å². The van der Waals surface area contributed by atoms with E-state index >= 15 is 0 Å². The lowest BCUT2D eigenvalue weighted by Gasteiger charge is -2.40. The van der Waals surface area contributed by atoms with Crippen molar-refractivity contribution in [2.75, 3.05) is 13.1 Å². The van der Waals surface area contributed by atoms with Crippen molar-refractivity contribution in [3.63, 3.8) is 0 Å². The highest BCUT2D eigenvalue weighted by Gasteiger charge is 2.48. The molecule has 1 spiro atoms. The number of ether oxygens (including phenoxy) is 1. The first-order valence-electron chi connectivity index (χ1n) is 9.26. The van der Waals surface area contributed by atoms with E-state index in [0.29, 0.717) is 22.7 Å². The van der Waals surface area contributed by atoms with Gasteiger partial charge in [0, 0.05) is 46.7 Å². The molecule has 0 aromatic carbocycles. The minimum Gasteiger partial charge on any atom is -0.444 e. The molecule has 0 saturated carbocycles. The quantitative estimate of drug-likeness (QED) is 0.580. The van der Waals surface area contributed by atoms with Gasteiger partial charge in [-0.15, -0.1) is 0 Å². The third-order valence-electron chi connectivity index (χ3n) is 5.56. The number of amides is 1. The minimum absolute atomic E-state index is 0.0551. The highest BCUT2D eigenvalue weighted by Crippen LogP contribution is 2.49. The van der Waals surface area contributed by atoms with E-state index in [0.717, 1.165) is 30.5 Å². The van der Waals surface area contributed by atoms with E-state index in [1.807, 2.05) is 20.8 Å². The van der Waals surface area contributed by atoms with Gasteiger partial charge in [-0.3, -0.25) is 9.89 Å². The summed E-state index contributed by atoms with van der Waals surface area (Å²) in [6.07, 6.45) is 2.10. The first kappa shape index (κ1) is 18.7. The molecule has 4 rings (SSSR count). The van der Waals surface area contributed by atoms with Gasteiger partial charge in [0.1, 0.15) is 5.60 Å². The Balaban J connectivity index is 1.65. The van der Waals surface area contributed by atoms with Crippen LogP contribution in [0.25, 0.3) is 5.78 Å². The predicted octanol–water partition coefficient (Wildman–Crippen LogP) is 2.80. The molecule has 1 aliphatic carbocycles. The van der Waals surface area contributed by atoms with E-state index in [1.54, 1.807) is 4.90 Å². The summed E-state index contributed by atoms with van der Waals surface area (Å²) in [5, 5.41) is 2.98. The van der Waals surface area contributed by atoms with Crippen LogP contribution < -0.4 is 5.56 Å². The average molecular weight is 485 g/mol. The number of carbonyl (C=O) groups excluding carboxylic acids is 1. The van der Waals surface area contributed by atoms with Crippen LogP contribution in [0.4, 0.5) is 4.79 Å². The number of likely N-dealkylation sites (tertiary alicyclic amines) is 1. The number of hydrogen-bond acceptors (Lipinski definition) is 5. The second-order valence-electron chi connectivity index (χ2n) is 8.68. The molecular weight excluding hydrogens is 461 g/mol.